The molecule has 4 heteroatoms. The second-order valence-electron chi connectivity index (χ2n) is 8.60. The molecule has 2 aromatic carbocycles. The third-order valence-corrected chi connectivity index (χ3v) is 5.17. The molecule has 148 valence electrons. The topological polar surface area (TPSA) is 42.2 Å². The maximum absolute atomic E-state index is 4.99. The molecule has 4 aromatic rings. The van der Waals surface area contributed by atoms with Crippen molar-refractivity contribution in [1.29, 1.82) is 0 Å². The van der Waals surface area contributed by atoms with E-state index in [2.05, 4.69) is 98.8 Å². The van der Waals surface area contributed by atoms with E-state index in [4.69, 9.17) is 4.98 Å². The maximum Gasteiger partial charge on any atom is 0.165 e. The second kappa shape index (κ2) is 7.70. The zero-order chi connectivity index (χ0) is 20.4. The fourth-order valence-electron chi connectivity index (χ4n) is 3.39. The Labute approximate surface area is 172 Å². The molecule has 0 aliphatic rings. The number of aromatic nitrogens is 3. The van der Waals surface area contributed by atoms with Crippen molar-refractivity contribution in [2.45, 2.75) is 39.5 Å². The highest BCUT2D eigenvalue weighted by Crippen LogP contribution is 2.29. The fourth-order valence-corrected chi connectivity index (χ4v) is 3.39. The van der Waals surface area contributed by atoms with Gasteiger partial charge in [-0.2, -0.15) is 9.61 Å². The van der Waals surface area contributed by atoms with Gasteiger partial charge in [-0.15, -0.1) is 0 Å². The van der Waals surface area contributed by atoms with Crippen molar-refractivity contribution in [3.8, 4) is 11.1 Å². The van der Waals surface area contributed by atoms with Crippen molar-refractivity contribution in [2.24, 2.45) is 0 Å². The highest BCUT2D eigenvalue weighted by Gasteiger charge is 2.20. The van der Waals surface area contributed by atoms with Crippen LogP contribution in [0.3, 0.4) is 0 Å². The average molecular weight is 385 g/mol. The zero-order valence-corrected chi connectivity index (χ0v) is 17.6. The minimum Gasteiger partial charge on any atom is -0.370 e. The van der Waals surface area contributed by atoms with Crippen LogP contribution in [-0.2, 0) is 11.8 Å². The summed E-state index contributed by atoms with van der Waals surface area (Å²) in [5, 5.41) is 8.24. The minimum atomic E-state index is -0.0492. The Hall–Kier alpha value is -3.14. The summed E-state index contributed by atoms with van der Waals surface area (Å²) in [7, 11) is 0. The van der Waals surface area contributed by atoms with E-state index in [0.29, 0.717) is 0 Å². The molecule has 0 fully saturated rings. The number of fused-ring (bicyclic) bond motifs is 1. The zero-order valence-electron chi connectivity index (χ0n) is 17.6. The summed E-state index contributed by atoms with van der Waals surface area (Å²) in [6.45, 7) is 9.53. The number of rotatable bonds is 5. The number of anilines is 1. The van der Waals surface area contributed by atoms with Gasteiger partial charge in [-0.3, -0.25) is 0 Å². The van der Waals surface area contributed by atoms with E-state index >= 15 is 0 Å². The van der Waals surface area contributed by atoms with Crippen molar-refractivity contribution >= 4 is 11.5 Å². The lowest BCUT2D eigenvalue weighted by atomic mass is 9.92. The number of aryl methyl sites for hydroxylation is 1. The molecule has 29 heavy (non-hydrogen) atoms. The molecular formula is C25H28N4. The molecule has 0 saturated carbocycles. The lowest BCUT2D eigenvalue weighted by Gasteiger charge is -2.20. The van der Waals surface area contributed by atoms with E-state index in [1.54, 1.807) is 0 Å². The van der Waals surface area contributed by atoms with Crippen molar-refractivity contribution in [1.82, 2.24) is 14.6 Å². The molecule has 2 aromatic heterocycles. The largest absolute Gasteiger partial charge is 0.370 e. The SMILES string of the molecule is Cc1ccc(-c2cnn3c(NCCc4ccccc4)cc(C(C)(C)C)nc23)cc1. The third-order valence-electron chi connectivity index (χ3n) is 5.17. The van der Waals surface area contributed by atoms with Crippen molar-refractivity contribution < 1.29 is 0 Å². The Balaban J connectivity index is 1.72. The molecule has 0 aliphatic heterocycles. The highest BCUT2D eigenvalue weighted by atomic mass is 15.3. The van der Waals surface area contributed by atoms with Crippen molar-refractivity contribution in [3.63, 3.8) is 0 Å². The minimum absolute atomic E-state index is 0.0492. The van der Waals surface area contributed by atoms with Gasteiger partial charge < -0.3 is 5.32 Å². The van der Waals surface area contributed by atoms with E-state index in [-0.39, 0.29) is 5.41 Å². The molecule has 4 rings (SSSR count). The van der Waals surface area contributed by atoms with Gasteiger partial charge >= 0.3 is 0 Å². The summed E-state index contributed by atoms with van der Waals surface area (Å²) >= 11 is 0. The second-order valence-corrected chi connectivity index (χ2v) is 8.60. The fraction of sp³-hybridized carbons (Fsp3) is 0.280. The number of nitrogens with one attached hydrogen (secondary N) is 1. The average Bonchev–Trinajstić information content (AvgIpc) is 3.13. The number of benzene rings is 2. The van der Waals surface area contributed by atoms with Gasteiger partial charge in [0.05, 0.1) is 11.9 Å². The van der Waals surface area contributed by atoms with E-state index in [9.17, 15) is 0 Å². The van der Waals surface area contributed by atoms with Crippen LogP contribution in [0.15, 0.2) is 66.9 Å². The Kier molecular flexibility index (Phi) is 5.10. The molecule has 0 amide bonds. The first-order chi connectivity index (χ1) is 13.9. The van der Waals surface area contributed by atoms with Crippen LogP contribution in [0, 0.1) is 6.92 Å². The summed E-state index contributed by atoms with van der Waals surface area (Å²) in [6, 6.07) is 21.2. The van der Waals surface area contributed by atoms with Crippen molar-refractivity contribution in [3.05, 3.63) is 83.7 Å². The summed E-state index contributed by atoms with van der Waals surface area (Å²) in [6.07, 6.45) is 2.88. The standard InChI is InChI=1S/C25H28N4/c1-18-10-12-20(13-11-18)21-17-27-29-23(16-22(25(2,3)4)28-24(21)29)26-15-14-19-8-6-5-7-9-19/h5-13,16-17,26H,14-15H2,1-4H3. The molecule has 0 aliphatic carbocycles. The summed E-state index contributed by atoms with van der Waals surface area (Å²) in [5.74, 6) is 0.981. The van der Waals surface area contributed by atoms with Crippen LogP contribution < -0.4 is 5.32 Å². The smallest absolute Gasteiger partial charge is 0.165 e. The molecule has 0 spiro atoms. The van der Waals surface area contributed by atoms with Crippen LogP contribution in [0.5, 0.6) is 0 Å². The lowest BCUT2D eigenvalue weighted by Crippen LogP contribution is -2.17. The Morgan fingerprint density at radius 1 is 0.966 bits per heavy atom. The first-order valence-corrected chi connectivity index (χ1v) is 10.2. The van der Waals surface area contributed by atoms with E-state index in [1.165, 1.54) is 11.1 Å². The van der Waals surface area contributed by atoms with Crippen LogP contribution in [0.4, 0.5) is 5.82 Å². The predicted molar refractivity (Wildman–Crippen MR) is 120 cm³/mol. The van der Waals surface area contributed by atoms with Crippen molar-refractivity contribution in [2.75, 3.05) is 11.9 Å². The monoisotopic (exact) mass is 384 g/mol. The van der Waals surface area contributed by atoms with Gasteiger partial charge in [0.15, 0.2) is 5.65 Å². The van der Waals surface area contributed by atoms with Crippen LogP contribution in [0.1, 0.15) is 37.6 Å². The quantitative estimate of drug-likeness (QED) is 0.483. The number of nitrogens with zero attached hydrogens (tertiary/aromatic N) is 3. The Morgan fingerprint density at radius 2 is 1.69 bits per heavy atom. The van der Waals surface area contributed by atoms with E-state index in [1.807, 2.05) is 10.7 Å². The molecule has 0 atom stereocenters. The van der Waals surface area contributed by atoms with E-state index < -0.39 is 0 Å². The van der Waals surface area contributed by atoms with Gasteiger partial charge in [-0.25, -0.2) is 4.98 Å². The van der Waals surface area contributed by atoms with Crippen LogP contribution in [0.25, 0.3) is 16.8 Å². The molecule has 4 nitrogen and oxygen atoms in total. The number of hydrogen-bond donors (Lipinski definition) is 1. The summed E-state index contributed by atoms with van der Waals surface area (Å²) < 4.78 is 1.93. The third kappa shape index (κ3) is 4.16. The molecule has 0 saturated heterocycles. The highest BCUT2D eigenvalue weighted by molar-refractivity contribution is 5.78. The Bertz CT molecular complexity index is 1100. The van der Waals surface area contributed by atoms with E-state index in [0.717, 1.165) is 41.3 Å². The molecule has 0 bridgehead atoms. The molecule has 0 unspecified atom stereocenters. The lowest BCUT2D eigenvalue weighted by molar-refractivity contribution is 0.568. The molecule has 0 radical (unpaired) electrons. The summed E-state index contributed by atoms with van der Waals surface area (Å²) in [4.78, 5) is 4.99. The van der Waals surface area contributed by atoms with Gasteiger partial charge in [0.25, 0.3) is 0 Å². The Morgan fingerprint density at radius 3 is 2.38 bits per heavy atom. The molecular weight excluding hydrogens is 356 g/mol. The first-order valence-electron chi connectivity index (χ1n) is 10.2. The van der Waals surface area contributed by atoms with Gasteiger partial charge in [0, 0.05) is 23.6 Å². The predicted octanol–water partition coefficient (Wildman–Crippen LogP) is 5.66. The normalized spacial score (nSPS) is 11.7. The molecule has 2 heterocycles. The maximum atomic E-state index is 4.99. The number of hydrogen-bond acceptors (Lipinski definition) is 3. The van der Waals surface area contributed by atoms with Gasteiger partial charge in [-0.1, -0.05) is 80.9 Å². The van der Waals surface area contributed by atoms with Gasteiger partial charge in [0.1, 0.15) is 5.82 Å². The van der Waals surface area contributed by atoms with Crippen LogP contribution in [-0.4, -0.2) is 21.1 Å². The first kappa shape index (κ1) is 19.2. The summed E-state index contributed by atoms with van der Waals surface area (Å²) in [5.41, 5.74) is 6.66. The van der Waals surface area contributed by atoms with Crippen LogP contribution in [0.2, 0.25) is 0 Å². The van der Waals surface area contributed by atoms with Gasteiger partial charge in [-0.05, 0) is 24.5 Å². The molecule has 1 N–H and O–H groups in total. The van der Waals surface area contributed by atoms with Gasteiger partial charge in [0.2, 0.25) is 0 Å². The van der Waals surface area contributed by atoms with Crippen LogP contribution >= 0.6 is 0 Å².